The average Bonchev–Trinajstić information content (AvgIpc) is 3.00. The molecule has 2 aliphatic rings. The van der Waals surface area contributed by atoms with Crippen molar-refractivity contribution in [2.75, 3.05) is 13.1 Å². The summed E-state index contributed by atoms with van der Waals surface area (Å²) in [4.78, 5) is 2.62. The first kappa shape index (κ1) is 12.2. The van der Waals surface area contributed by atoms with E-state index < -0.39 is 0 Å². The summed E-state index contributed by atoms with van der Waals surface area (Å²) in [5.74, 6) is 0.984. The monoisotopic (exact) mass is 249 g/mol. The minimum absolute atomic E-state index is 0.686. The Morgan fingerprint density at radius 2 is 2.17 bits per heavy atom. The minimum atomic E-state index is 0.686. The molecule has 0 radical (unpaired) electrons. The number of aryl methyl sites for hydroxylation is 2. The van der Waals surface area contributed by atoms with Crippen molar-refractivity contribution in [3.8, 4) is 0 Å². The molecule has 0 aromatic carbocycles. The normalized spacial score (nSPS) is 24.1. The lowest BCUT2D eigenvalue weighted by Gasteiger charge is -2.25. The van der Waals surface area contributed by atoms with Gasteiger partial charge in [-0.1, -0.05) is 5.16 Å². The van der Waals surface area contributed by atoms with Gasteiger partial charge in [-0.2, -0.15) is 0 Å². The predicted molar refractivity (Wildman–Crippen MR) is 70.4 cm³/mol. The minimum Gasteiger partial charge on any atom is -0.361 e. The lowest BCUT2D eigenvalue weighted by molar-refractivity contribution is 0.229. The molecule has 0 bridgehead atoms. The third-order valence-electron chi connectivity index (χ3n) is 4.22. The highest BCUT2D eigenvalue weighted by Crippen LogP contribution is 2.30. The molecule has 4 nitrogen and oxygen atoms in total. The van der Waals surface area contributed by atoms with Crippen molar-refractivity contribution in [3.05, 3.63) is 17.0 Å². The Morgan fingerprint density at radius 3 is 2.72 bits per heavy atom. The van der Waals surface area contributed by atoms with E-state index in [1.54, 1.807) is 0 Å². The van der Waals surface area contributed by atoms with Crippen LogP contribution in [0.1, 0.15) is 42.7 Å². The van der Waals surface area contributed by atoms with Crippen LogP contribution in [0.25, 0.3) is 0 Å². The first-order valence-corrected chi connectivity index (χ1v) is 7.13. The van der Waals surface area contributed by atoms with Crippen LogP contribution in [0.4, 0.5) is 0 Å². The van der Waals surface area contributed by atoms with Gasteiger partial charge in [-0.05, 0) is 46.1 Å². The number of hydrogen-bond donors (Lipinski definition) is 1. The van der Waals surface area contributed by atoms with Gasteiger partial charge >= 0.3 is 0 Å². The summed E-state index contributed by atoms with van der Waals surface area (Å²) >= 11 is 0. The Kier molecular flexibility index (Phi) is 3.39. The molecule has 2 fully saturated rings. The molecule has 100 valence electrons. The smallest absolute Gasteiger partial charge is 0.138 e. The van der Waals surface area contributed by atoms with E-state index in [4.69, 9.17) is 4.52 Å². The Hall–Kier alpha value is -0.870. The summed E-state index contributed by atoms with van der Waals surface area (Å²) in [5, 5.41) is 7.66. The number of nitrogens with zero attached hydrogens (tertiary/aromatic N) is 2. The van der Waals surface area contributed by atoms with Crippen molar-refractivity contribution in [2.45, 2.75) is 58.2 Å². The van der Waals surface area contributed by atoms with Crippen LogP contribution in [0.2, 0.25) is 0 Å². The maximum Gasteiger partial charge on any atom is 0.138 e. The van der Waals surface area contributed by atoms with Gasteiger partial charge in [0.05, 0.1) is 5.69 Å². The van der Waals surface area contributed by atoms with E-state index >= 15 is 0 Å². The summed E-state index contributed by atoms with van der Waals surface area (Å²) in [6.45, 7) is 7.44. The van der Waals surface area contributed by atoms with Crippen LogP contribution in [-0.4, -0.2) is 35.2 Å². The molecule has 1 aliphatic carbocycles. The Balaban J connectivity index is 1.66. The van der Waals surface area contributed by atoms with Crippen molar-refractivity contribution in [1.82, 2.24) is 15.4 Å². The largest absolute Gasteiger partial charge is 0.361 e. The summed E-state index contributed by atoms with van der Waals surface area (Å²) in [7, 11) is 0. The molecule has 1 saturated carbocycles. The van der Waals surface area contributed by atoms with Gasteiger partial charge < -0.3 is 9.84 Å². The number of nitrogens with one attached hydrogen (secondary N) is 1. The van der Waals surface area contributed by atoms with Gasteiger partial charge in [0.2, 0.25) is 0 Å². The van der Waals surface area contributed by atoms with Crippen LogP contribution >= 0.6 is 0 Å². The lowest BCUT2D eigenvalue weighted by atomic mass is 10.1. The zero-order valence-electron chi connectivity index (χ0n) is 11.4. The summed E-state index contributed by atoms with van der Waals surface area (Å²) in [6, 6.07) is 1.48. The fraction of sp³-hybridized carbons (Fsp3) is 0.786. The number of aromatic nitrogens is 1. The van der Waals surface area contributed by atoms with E-state index in [-0.39, 0.29) is 0 Å². The maximum absolute atomic E-state index is 5.27. The average molecular weight is 249 g/mol. The van der Waals surface area contributed by atoms with E-state index in [0.29, 0.717) is 6.04 Å². The predicted octanol–water partition coefficient (Wildman–Crippen LogP) is 2.01. The SMILES string of the molecule is Cc1noc(C)c1CN(CC1CCCN1)C1CC1. The molecule has 0 amide bonds. The van der Waals surface area contributed by atoms with Gasteiger partial charge in [-0.25, -0.2) is 0 Å². The molecule has 3 rings (SSSR count). The second kappa shape index (κ2) is 5.02. The van der Waals surface area contributed by atoms with Gasteiger partial charge in [-0.15, -0.1) is 0 Å². The second-order valence-electron chi connectivity index (χ2n) is 5.76. The van der Waals surface area contributed by atoms with Crippen LogP contribution in [0, 0.1) is 13.8 Å². The number of rotatable bonds is 5. The molecular formula is C14H23N3O. The first-order valence-electron chi connectivity index (χ1n) is 7.13. The quantitative estimate of drug-likeness (QED) is 0.866. The summed E-state index contributed by atoms with van der Waals surface area (Å²) < 4.78 is 5.27. The summed E-state index contributed by atoms with van der Waals surface area (Å²) in [5.41, 5.74) is 2.34. The van der Waals surface area contributed by atoms with Crippen LogP contribution in [0.15, 0.2) is 4.52 Å². The van der Waals surface area contributed by atoms with Crippen LogP contribution in [0.5, 0.6) is 0 Å². The molecule has 1 saturated heterocycles. The first-order chi connectivity index (χ1) is 8.74. The fourth-order valence-corrected chi connectivity index (χ4v) is 2.91. The number of hydrogen-bond acceptors (Lipinski definition) is 4. The zero-order chi connectivity index (χ0) is 12.5. The Labute approximate surface area is 109 Å². The summed E-state index contributed by atoms with van der Waals surface area (Å²) in [6.07, 6.45) is 5.37. The Morgan fingerprint density at radius 1 is 1.33 bits per heavy atom. The van der Waals surface area contributed by atoms with Crippen molar-refractivity contribution in [1.29, 1.82) is 0 Å². The molecular weight excluding hydrogens is 226 g/mol. The van der Waals surface area contributed by atoms with Gasteiger partial charge in [0, 0.05) is 30.7 Å². The van der Waals surface area contributed by atoms with Gasteiger partial charge in [0.1, 0.15) is 5.76 Å². The van der Waals surface area contributed by atoms with Gasteiger partial charge in [-0.3, -0.25) is 4.90 Å². The van der Waals surface area contributed by atoms with E-state index in [9.17, 15) is 0 Å². The van der Waals surface area contributed by atoms with Crippen molar-refractivity contribution >= 4 is 0 Å². The highest BCUT2D eigenvalue weighted by Gasteiger charge is 2.32. The van der Waals surface area contributed by atoms with E-state index in [0.717, 1.165) is 24.0 Å². The van der Waals surface area contributed by atoms with Crippen molar-refractivity contribution < 1.29 is 4.52 Å². The molecule has 4 heteroatoms. The van der Waals surface area contributed by atoms with E-state index in [1.165, 1.54) is 44.3 Å². The molecule has 1 aliphatic heterocycles. The Bertz CT molecular complexity index is 386. The highest BCUT2D eigenvalue weighted by molar-refractivity contribution is 5.21. The second-order valence-corrected chi connectivity index (χ2v) is 5.76. The van der Waals surface area contributed by atoms with Crippen LogP contribution in [0.3, 0.4) is 0 Å². The molecule has 1 atom stereocenters. The molecule has 1 N–H and O–H groups in total. The third kappa shape index (κ3) is 2.59. The van der Waals surface area contributed by atoms with Crippen LogP contribution < -0.4 is 5.32 Å². The lowest BCUT2D eigenvalue weighted by Crippen LogP contribution is -2.38. The van der Waals surface area contributed by atoms with Crippen LogP contribution in [-0.2, 0) is 6.54 Å². The van der Waals surface area contributed by atoms with Crippen molar-refractivity contribution in [3.63, 3.8) is 0 Å². The molecule has 1 aromatic heterocycles. The molecule has 2 heterocycles. The molecule has 0 spiro atoms. The standard InChI is InChI=1S/C14H23N3O/c1-10-14(11(2)18-16-10)9-17(13-5-6-13)8-12-4-3-7-15-12/h12-13,15H,3-9H2,1-2H3. The molecule has 18 heavy (non-hydrogen) atoms. The van der Waals surface area contributed by atoms with Gasteiger partial charge in [0.15, 0.2) is 0 Å². The molecule has 1 unspecified atom stereocenters. The van der Waals surface area contributed by atoms with E-state index in [2.05, 4.69) is 15.4 Å². The third-order valence-corrected chi connectivity index (χ3v) is 4.22. The van der Waals surface area contributed by atoms with E-state index in [1.807, 2.05) is 13.8 Å². The topological polar surface area (TPSA) is 41.3 Å². The fourth-order valence-electron chi connectivity index (χ4n) is 2.91. The zero-order valence-corrected chi connectivity index (χ0v) is 11.4. The van der Waals surface area contributed by atoms with Gasteiger partial charge in [0.25, 0.3) is 0 Å². The highest BCUT2D eigenvalue weighted by atomic mass is 16.5. The molecule has 1 aromatic rings. The maximum atomic E-state index is 5.27. The van der Waals surface area contributed by atoms with Crippen molar-refractivity contribution in [2.24, 2.45) is 0 Å².